The van der Waals surface area contributed by atoms with Gasteiger partial charge in [0.15, 0.2) is 0 Å². The largest absolute Gasteiger partial charge is 0.379 e. The lowest BCUT2D eigenvalue weighted by atomic mass is 10.4. The molecule has 1 fully saturated rings. The lowest BCUT2D eigenvalue weighted by Crippen LogP contribution is -2.48. The van der Waals surface area contributed by atoms with Gasteiger partial charge in [0, 0.05) is 20.9 Å². The van der Waals surface area contributed by atoms with Crippen molar-refractivity contribution in [3.63, 3.8) is 0 Å². The average molecular weight is 160 g/mol. The Hall–Kier alpha value is -0.610. The fraction of sp³-hybridized carbons (Fsp3) is 0.857. The summed E-state index contributed by atoms with van der Waals surface area (Å²) in [6, 6.07) is 0. The molecule has 66 valence electrons. The molecule has 1 aliphatic heterocycles. The Bertz CT molecular complexity index is 137. The average Bonchev–Trinajstić information content (AvgIpc) is 2.06. The second-order valence-corrected chi connectivity index (χ2v) is 2.49. The Morgan fingerprint density at radius 1 is 1.64 bits per heavy atom. The molecular weight excluding hydrogens is 144 g/mol. The molecule has 1 rings (SSSR count). The van der Waals surface area contributed by atoms with Crippen molar-refractivity contribution in [2.45, 2.75) is 13.3 Å². The minimum Gasteiger partial charge on any atom is -0.379 e. The van der Waals surface area contributed by atoms with Gasteiger partial charge in [-0.15, -0.1) is 0 Å². The van der Waals surface area contributed by atoms with Gasteiger partial charge in [-0.1, -0.05) is 6.92 Å². The van der Waals surface area contributed by atoms with E-state index in [1.165, 1.54) is 0 Å². The van der Waals surface area contributed by atoms with Crippen molar-refractivity contribution in [3.8, 4) is 0 Å². The van der Waals surface area contributed by atoms with E-state index in [9.17, 15) is 4.79 Å². The molecule has 0 bridgehead atoms. The first-order chi connectivity index (χ1) is 5.33. The van der Waals surface area contributed by atoms with Crippen LogP contribution < -0.4 is 5.43 Å². The fourth-order valence-electron chi connectivity index (χ4n) is 0.931. The van der Waals surface area contributed by atoms with E-state index in [-0.39, 0.29) is 7.33 Å². The maximum atomic E-state index is 10.9. The van der Waals surface area contributed by atoms with E-state index in [1.54, 1.807) is 0 Å². The van der Waals surface area contributed by atoms with E-state index in [1.807, 2.05) is 11.9 Å². The van der Waals surface area contributed by atoms with E-state index in [0.717, 1.165) is 13.1 Å². The smallest absolute Gasteiger partial charge is 0.233 e. The van der Waals surface area contributed by atoms with Crippen LogP contribution in [0.2, 0.25) is 0 Å². The molecule has 0 atom stereocenters. The summed E-state index contributed by atoms with van der Waals surface area (Å²) in [4.78, 5) is 10.9. The molecule has 0 aromatic heterocycles. The zero-order chi connectivity index (χ0) is 8.10. The van der Waals surface area contributed by atoms with Crippen LogP contribution in [0.25, 0.3) is 0 Å². The van der Waals surface area contributed by atoms with Crippen LogP contribution in [0.3, 0.4) is 0 Å². The van der Waals surface area contributed by atoms with Crippen LogP contribution in [-0.4, -0.2) is 37.2 Å². The number of hydrogen-bond acceptors (Lipinski definition) is 3. The molecule has 1 heterocycles. The Morgan fingerprint density at radius 3 is 2.82 bits per heavy atom. The molecule has 1 amide bonds. The molecule has 1 aliphatic rings. The second kappa shape index (κ2) is 4.31. The first-order valence-electron chi connectivity index (χ1n) is 3.95. The van der Waals surface area contributed by atoms with E-state index in [2.05, 4.69) is 5.43 Å². The summed E-state index contributed by atoms with van der Waals surface area (Å²) in [5.74, 6) is 0.0758. The minimum atomic E-state index is 0. The Labute approximate surface area is 68.0 Å². The number of rotatable bonds is 2. The molecule has 1 N–H and O–H groups in total. The summed E-state index contributed by atoms with van der Waals surface area (Å²) >= 11 is 0. The van der Waals surface area contributed by atoms with Crippen molar-refractivity contribution in [1.29, 1.82) is 0 Å². The van der Waals surface area contributed by atoms with Crippen LogP contribution >= 0.6 is 0 Å². The molecule has 0 spiro atoms. The normalized spacial score (nSPS) is 19.7. The second-order valence-electron chi connectivity index (χ2n) is 2.49. The lowest BCUT2D eigenvalue weighted by Gasteiger charge is -2.26. The highest BCUT2D eigenvalue weighted by Gasteiger charge is 2.10. The number of morpholine rings is 1. The Kier molecular flexibility index (Phi) is 3.32. The minimum absolute atomic E-state index is 0. The predicted octanol–water partition coefficient (Wildman–Crippen LogP) is 0.00580. The van der Waals surface area contributed by atoms with Crippen LogP contribution in [0.1, 0.15) is 14.8 Å². The van der Waals surface area contributed by atoms with Crippen molar-refractivity contribution >= 4 is 5.91 Å². The number of ether oxygens (including phenoxy) is 1. The molecular formula is C7H16N2O2. The molecule has 0 unspecified atom stereocenters. The molecule has 1 saturated heterocycles. The predicted molar refractivity (Wildman–Crippen MR) is 42.9 cm³/mol. The molecule has 0 aromatic rings. The third-order valence-electron chi connectivity index (χ3n) is 1.62. The van der Waals surface area contributed by atoms with E-state index in [0.29, 0.717) is 19.6 Å². The summed E-state index contributed by atoms with van der Waals surface area (Å²) in [5.41, 5.74) is 2.78. The maximum Gasteiger partial charge on any atom is 0.233 e. The fourth-order valence-corrected chi connectivity index (χ4v) is 0.931. The highest BCUT2D eigenvalue weighted by molar-refractivity contribution is 5.74. The van der Waals surface area contributed by atoms with Gasteiger partial charge in [0.05, 0.1) is 13.2 Å². The first kappa shape index (κ1) is 8.49. The van der Waals surface area contributed by atoms with Gasteiger partial charge in [-0.3, -0.25) is 10.2 Å². The third kappa shape index (κ3) is 2.86. The van der Waals surface area contributed by atoms with Gasteiger partial charge in [-0.2, -0.15) is 0 Å². The maximum absolute atomic E-state index is 10.9. The number of nitrogens with zero attached hydrogens (tertiary/aromatic N) is 1. The van der Waals surface area contributed by atoms with Crippen molar-refractivity contribution < 1.29 is 11.0 Å². The first-order valence-corrected chi connectivity index (χ1v) is 3.95. The van der Waals surface area contributed by atoms with Gasteiger partial charge in [-0.25, -0.2) is 5.01 Å². The van der Waals surface area contributed by atoms with Crippen LogP contribution in [0.15, 0.2) is 0 Å². The summed E-state index contributed by atoms with van der Waals surface area (Å²) in [7, 11) is 0. The number of hydrogen-bond donors (Lipinski definition) is 1. The van der Waals surface area contributed by atoms with Crippen LogP contribution in [-0.2, 0) is 9.53 Å². The number of nitrogens with one attached hydrogen (secondary N) is 1. The number of amides is 1. The highest BCUT2D eigenvalue weighted by Crippen LogP contribution is 1.92. The van der Waals surface area contributed by atoms with Crippen molar-refractivity contribution in [3.05, 3.63) is 0 Å². The Balaban J connectivity index is 0.00000121. The Morgan fingerprint density at radius 2 is 2.27 bits per heavy atom. The molecule has 0 aliphatic carbocycles. The number of carbonyl (C=O) groups excluding carboxylic acids is 1. The van der Waals surface area contributed by atoms with Gasteiger partial charge in [0.1, 0.15) is 0 Å². The molecule has 0 aromatic carbocycles. The topological polar surface area (TPSA) is 41.6 Å². The number of hydrazine groups is 1. The van der Waals surface area contributed by atoms with Crippen LogP contribution in [0.4, 0.5) is 0 Å². The number of carbonyl (C=O) groups is 1. The standard InChI is InChI=1S/C7H14N2O2.H2/c1-2-7(10)8-9-3-5-11-6-4-9;/h2-6H2,1H3,(H,8,10);1H. The summed E-state index contributed by atoms with van der Waals surface area (Å²) in [5, 5.41) is 1.90. The van der Waals surface area contributed by atoms with E-state index in [4.69, 9.17) is 4.74 Å². The van der Waals surface area contributed by atoms with Crippen molar-refractivity contribution in [2.24, 2.45) is 0 Å². The lowest BCUT2D eigenvalue weighted by molar-refractivity contribution is -0.127. The molecule has 0 radical (unpaired) electrons. The van der Waals surface area contributed by atoms with Crippen molar-refractivity contribution in [1.82, 2.24) is 10.4 Å². The molecule has 4 heteroatoms. The quantitative estimate of drug-likeness (QED) is 0.618. The SMILES string of the molecule is CCC(=O)NN1CCOCC1.[HH]. The van der Waals surface area contributed by atoms with Gasteiger partial charge >= 0.3 is 0 Å². The summed E-state index contributed by atoms with van der Waals surface area (Å²) in [6.45, 7) is 4.86. The van der Waals surface area contributed by atoms with Gasteiger partial charge in [0.25, 0.3) is 0 Å². The summed E-state index contributed by atoms with van der Waals surface area (Å²) < 4.78 is 5.12. The van der Waals surface area contributed by atoms with Gasteiger partial charge < -0.3 is 4.74 Å². The van der Waals surface area contributed by atoms with Crippen LogP contribution in [0, 0.1) is 0 Å². The van der Waals surface area contributed by atoms with Gasteiger partial charge in [0.2, 0.25) is 5.91 Å². The molecule has 4 nitrogen and oxygen atoms in total. The summed E-state index contributed by atoms with van der Waals surface area (Å²) in [6.07, 6.45) is 0.539. The highest BCUT2D eigenvalue weighted by atomic mass is 16.5. The zero-order valence-corrected chi connectivity index (χ0v) is 6.80. The monoisotopic (exact) mass is 160 g/mol. The van der Waals surface area contributed by atoms with Crippen molar-refractivity contribution in [2.75, 3.05) is 26.3 Å². The third-order valence-corrected chi connectivity index (χ3v) is 1.62. The van der Waals surface area contributed by atoms with E-state index < -0.39 is 0 Å². The van der Waals surface area contributed by atoms with Crippen LogP contribution in [0.5, 0.6) is 0 Å². The molecule has 0 saturated carbocycles. The van der Waals surface area contributed by atoms with E-state index >= 15 is 0 Å². The van der Waals surface area contributed by atoms with Gasteiger partial charge in [-0.05, 0) is 0 Å². The zero-order valence-electron chi connectivity index (χ0n) is 6.80. The molecule has 11 heavy (non-hydrogen) atoms.